The summed E-state index contributed by atoms with van der Waals surface area (Å²) in [6.07, 6.45) is 6.04. The molecule has 1 aliphatic heterocycles. The maximum Gasteiger partial charge on any atom is 0.287 e. The van der Waals surface area contributed by atoms with Gasteiger partial charge in [0.2, 0.25) is 0 Å². The number of amides is 1. The molecule has 0 atom stereocenters. The Kier molecular flexibility index (Phi) is 5.48. The first-order valence-corrected chi connectivity index (χ1v) is 10.6. The van der Waals surface area contributed by atoms with Gasteiger partial charge < -0.3 is 14.5 Å². The van der Waals surface area contributed by atoms with E-state index in [1.54, 1.807) is 0 Å². The van der Waals surface area contributed by atoms with Crippen LogP contribution in [0.2, 0.25) is 0 Å². The van der Waals surface area contributed by atoms with Gasteiger partial charge in [-0.1, -0.05) is 25.3 Å². The molecule has 28 heavy (non-hydrogen) atoms. The lowest BCUT2D eigenvalue weighted by atomic mass is 9.79. The highest BCUT2D eigenvalue weighted by molar-refractivity contribution is 6.00. The smallest absolute Gasteiger partial charge is 0.287 e. The summed E-state index contributed by atoms with van der Waals surface area (Å²) in [5.41, 5.74) is 4.12. The second-order valence-electron chi connectivity index (χ2n) is 8.58. The molecule has 1 aromatic heterocycles. The van der Waals surface area contributed by atoms with Crippen LogP contribution in [0.15, 0.2) is 16.5 Å². The summed E-state index contributed by atoms with van der Waals surface area (Å²) in [6, 6.07) is 4.16. The molecule has 5 nitrogen and oxygen atoms in total. The summed E-state index contributed by atoms with van der Waals surface area (Å²) >= 11 is 0. The normalized spacial score (nSPS) is 20.4. The fourth-order valence-corrected chi connectivity index (χ4v) is 5.18. The molecular weight excluding hydrogens is 352 g/mol. The summed E-state index contributed by atoms with van der Waals surface area (Å²) < 4.78 is 11.6. The number of hydrogen-bond acceptors (Lipinski definition) is 4. The van der Waals surface area contributed by atoms with E-state index in [2.05, 4.69) is 30.1 Å². The maximum absolute atomic E-state index is 13.1. The van der Waals surface area contributed by atoms with E-state index in [-0.39, 0.29) is 11.4 Å². The van der Waals surface area contributed by atoms with Crippen LogP contribution in [0, 0.1) is 20.8 Å². The van der Waals surface area contributed by atoms with Crippen LogP contribution >= 0.6 is 0 Å². The summed E-state index contributed by atoms with van der Waals surface area (Å²) in [4.78, 5) is 15.6. The zero-order chi connectivity index (χ0) is 19.7. The standard InChI is InChI=1S/C23H32N2O3/c1-16-13-17(2)20-18(3)21(28-19(20)14-16)22(26)24-15-23(7-5-4-6-8-23)25-9-11-27-12-10-25/h13-14H,4-12,15H2,1-3H3,(H,24,26). The molecule has 2 fully saturated rings. The lowest BCUT2D eigenvalue weighted by molar-refractivity contribution is -0.0362. The highest BCUT2D eigenvalue weighted by atomic mass is 16.5. The lowest BCUT2D eigenvalue weighted by Crippen LogP contribution is -2.59. The van der Waals surface area contributed by atoms with Gasteiger partial charge in [0.25, 0.3) is 5.91 Å². The summed E-state index contributed by atoms with van der Waals surface area (Å²) in [7, 11) is 0. The summed E-state index contributed by atoms with van der Waals surface area (Å²) in [5, 5.41) is 4.29. The molecule has 1 saturated heterocycles. The van der Waals surface area contributed by atoms with Crippen molar-refractivity contribution in [3.8, 4) is 0 Å². The fraction of sp³-hybridized carbons (Fsp3) is 0.609. The second-order valence-corrected chi connectivity index (χ2v) is 8.58. The Morgan fingerprint density at radius 2 is 1.82 bits per heavy atom. The number of furan rings is 1. The van der Waals surface area contributed by atoms with Gasteiger partial charge in [0.15, 0.2) is 5.76 Å². The molecule has 2 aromatic rings. The third-order valence-electron chi connectivity index (χ3n) is 6.62. The van der Waals surface area contributed by atoms with Crippen LogP contribution < -0.4 is 5.32 Å². The SMILES string of the molecule is Cc1cc(C)c2c(C)c(C(=O)NCC3(N4CCOCC4)CCCCC3)oc2c1. The van der Waals surface area contributed by atoms with Gasteiger partial charge in [0.05, 0.1) is 13.2 Å². The first-order valence-electron chi connectivity index (χ1n) is 10.6. The number of ether oxygens (including phenoxy) is 1. The van der Waals surface area contributed by atoms with Crippen molar-refractivity contribution < 1.29 is 13.9 Å². The number of nitrogens with one attached hydrogen (secondary N) is 1. The summed E-state index contributed by atoms with van der Waals surface area (Å²) in [5.74, 6) is 0.362. The number of aryl methyl sites for hydroxylation is 3. The molecule has 4 rings (SSSR count). The lowest BCUT2D eigenvalue weighted by Gasteiger charge is -2.48. The zero-order valence-electron chi connectivity index (χ0n) is 17.4. The molecule has 1 N–H and O–H groups in total. The minimum atomic E-state index is -0.0936. The monoisotopic (exact) mass is 384 g/mol. The highest BCUT2D eigenvalue weighted by Gasteiger charge is 2.39. The Labute approximate surface area is 167 Å². The van der Waals surface area contributed by atoms with Crippen molar-refractivity contribution in [2.24, 2.45) is 0 Å². The van der Waals surface area contributed by atoms with Crippen molar-refractivity contribution >= 4 is 16.9 Å². The Bertz CT molecular complexity index is 858. The largest absolute Gasteiger partial charge is 0.451 e. The molecule has 1 aromatic carbocycles. The number of carbonyl (C=O) groups excluding carboxylic acids is 1. The molecular formula is C23H32N2O3. The number of carbonyl (C=O) groups is 1. The Balaban J connectivity index is 1.55. The van der Waals surface area contributed by atoms with Crippen molar-refractivity contribution in [2.45, 2.75) is 58.4 Å². The van der Waals surface area contributed by atoms with Crippen LogP contribution in [0.3, 0.4) is 0 Å². The molecule has 1 amide bonds. The van der Waals surface area contributed by atoms with E-state index < -0.39 is 0 Å². The van der Waals surface area contributed by atoms with Crippen LogP contribution in [0.25, 0.3) is 11.0 Å². The van der Waals surface area contributed by atoms with Crippen LogP contribution in [-0.2, 0) is 4.74 Å². The Morgan fingerprint density at radius 3 is 2.54 bits per heavy atom. The zero-order valence-corrected chi connectivity index (χ0v) is 17.4. The van der Waals surface area contributed by atoms with Gasteiger partial charge in [0, 0.05) is 36.1 Å². The van der Waals surface area contributed by atoms with E-state index in [1.165, 1.54) is 19.3 Å². The molecule has 0 spiro atoms. The van der Waals surface area contributed by atoms with Crippen molar-refractivity contribution in [2.75, 3.05) is 32.8 Å². The molecule has 2 aliphatic rings. The maximum atomic E-state index is 13.1. The van der Waals surface area contributed by atoms with E-state index in [4.69, 9.17) is 9.15 Å². The van der Waals surface area contributed by atoms with E-state index in [9.17, 15) is 4.79 Å². The average Bonchev–Trinajstić information content (AvgIpc) is 3.04. The first kappa shape index (κ1) is 19.5. The molecule has 0 unspecified atom stereocenters. The molecule has 2 heterocycles. The van der Waals surface area contributed by atoms with Gasteiger partial charge in [-0.2, -0.15) is 0 Å². The highest BCUT2D eigenvalue weighted by Crippen LogP contribution is 2.34. The Morgan fingerprint density at radius 1 is 1.11 bits per heavy atom. The van der Waals surface area contributed by atoms with Gasteiger partial charge in [0.1, 0.15) is 5.58 Å². The van der Waals surface area contributed by atoms with Gasteiger partial charge in [-0.25, -0.2) is 0 Å². The third kappa shape index (κ3) is 3.58. The number of hydrogen-bond donors (Lipinski definition) is 1. The number of morpholine rings is 1. The third-order valence-corrected chi connectivity index (χ3v) is 6.62. The molecule has 5 heteroatoms. The second kappa shape index (κ2) is 7.88. The fourth-order valence-electron chi connectivity index (χ4n) is 5.18. The van der Waals surface area contributed by atoms with Crippen LogP contribution in [0.1, 0.15) is 59.3 Å². The van der Waals surface area contributed by atoms with Crippen molar-refractivity contribution in [1.82, 2.24) is 10.2 Å². The minimum absolute atomic E-state index is 0.0596. The van der Waals surface area contributed by atoms with Crippen molar-refractivity contribution in [1.29, 1.82) is 0 Å². The number of fused-ring (bicyclic) bond motifs is 1. The quantitative estimate of drug-likeness (QED) is 0.861. The van der Waals surface area contributed by atoms with E-state index in [0.717, 1.165) is 66.8 Å². The van der Waals surface area contributed by atoms with Crippen LogP contribution in [0.5, 0.6) is 0 Å². The van der Waals surface area contributed by atoms with E-state index in [1.807, 2.05) is 13.0 Å². The summed E-state index contributed by atoms with van der Waals surface area (Å²) in [6.45, 7) is 10.3. The van der Waals surface area contributed by atoms with Gasteiger partial charge in [-0.05, 0) is 50.8 Å². The van der Waals surface area contributed by atoms with Gasteiger partial charge in [-0.3, -0.25) is 9.69 Å². The number of benzene rings is 1. The predicted octanol–water partition coefficient (Wildman–Crippen LogP) is 4.12. The molecule has 152 valence electrons. The number of nitrogens with zero attached hydrogens (tertiary/aromatic N) is 1. The van der Waals surface area contributed by atoms with Gasteiger partial charge in [-0.15, -0.1) is 0 Å². The predicted molar refractivity (Wildman–Crippen MR) is 111 cm³/mol. The first-order chi connectivity index (χ1) is 13.5. The minimum Gasteiger partial charge on any atom is -0.451 e. The molecule has 0 radical (unpaired) electrons. The van der Waals surface area contributed by atoms with E-state index >= 15 is 0 Å². The Hall–Kier alpha value is -1.85. The van der Waals surface area contributed by atoms with Crippen LogP contribution in [-0.4, -0.2) is 49.2 Å². The topological polar surface area (TPSA) is 54.7 Å². The molecule has 0 bridgehead atoms. The van der Waals surface area contributed by atoms with Crippen LogP contribution in [0.4, 0.5) is 0 Å². The average molecular weight is 385 g/mol. The van der Waals surface area contributed by atoms with Gasteiger partial charge >= 0.3 is 0 Å². The van der Waals surface area contributed by atoms with Crippen molar-refractivity contribution in [3.63, 3.8) is 0 Å². The van der Waals surface area contributed by atoms with E-state index in [0.29, 0.717) is 12.3 Å². The molecule has 1 saturated carbocycles. The van der Waals surface area contributed by atoms with Crippen molar-refractivity contribution in [3.05, 3.63) is 34.6 Å². The number of rotatable bonds is 4. The molecule has 1 aliphatic carbocycles.